The number of rotatable bonds is 4. The van der Waals surface area contributed by atoms with Crippen LogP contribution in [0.15, 0.2) is 54.6 Å². The van der Waals surface area contributed by atoms with Gasteiger partial charge in [-0.25, -0.2) is 4.79 Å². The Morgan fingerprint density at radius 1 is 0.914 bits per heavy atom. The van der Waals surface area contributed by atoms with Crippen LogP contribution >= 0.6 is 0 Å². The van der Waals surface area contributed by atoms with Gasteiger partial charge in [0, 0.05) is 28.4 Å². The SMILES string of the molecule is CC(OC(=O)c1ccc2c(c1N)C(=O)c1ccccc1C2=O)C(=O)Nc1ccc2c(c1)OCCO2. The van der Waals surface area contributed by atoms with Crippen molar-refractivity contribution in [2.24, 2.45) is 0 Å². The number of esters is 1. The molecule has 3 aromatic carbocycles. The predicted octanol–water partition coefficient (Wildman–Crippen LogP) is 3.00. The molecule has 9 nitrogen and oxygen atoms in total. The van der Waals surface area contributed by atoms with Crippen LogP contribution in [0.5, 0.6) is 11.5 Å². The van der Waals surface area contributed by atoms with E-state index < -0.39 is 23.8 Å². The molecule has 5 rings (SSSR count). The zero-order valence-corrected chi connectivity index (χ0v) is 18.6. The number of carbonyl (C=O) groups is 4. The number of nitrogen functional groups attached to an aromatic ring is 1. The van der Waals surface area contributed by atoms with Crippen molar-refractivity contribution in [2.75, 3.05) is 24.3 Å². The summed E-state index contributed by atoms with van der Waals surface area (Å²) in [6, 6.07) is 14.0. The molecule has 0 saturated heterocycles. The summed E-state index contributed by atoms with van der Waals surface area (Å²) < 4.78 is 16.3. The molecule has 0 aromatic heterocycles. The number of hydrogen-bond donors (Lipinski definition) is 2. The van der Waals surface area contributed by atoms with Crippen LogP contribution in [0.2, 0.25) is 0 Å². The highest BCUT2D eigenvalue weighted by atomic mass is 16.6. The van der Waals surface area contributed by atoms with E-state index in [2.05, 4.69) is 5.32 Å². The van der Waals surface area contributed by atoms with Gasteiger partial charge in [-0.1, -0.05) is 24.3 Å². The lowest BCUT2D eigenvalue weighted by molar-refractivity contribution is -0.123. The van der Waals surface area contributed by atoms with Gasteiger partial charge in [-0.2, -0.15) is 0 Å². The second kappa shape index (κ2) is 8.60. The van der Waals surface area contributed by atoms with Crippen LogP contribution in [-0.2, 0) is 9.53 Å². The molecule has 1 unspecified atom stereocenters. The third kappa shape index (κ3) is 3.86. The molecular formula is C26H20N2O7. The first kappa shape index (κ1) is 22.1. The minimum absolute atomic E-state index is 0.0449. The van der Waals surface area contributed by atoms with Gasteiger partial charge in [0.25, 0.3) is 5.91 Å². The molecule has 2 aliphatic rings. The number of anilines is 2. The first-order valence-electron chi connectivity index (χ1n) is 10.9. The molecular weight excluding hydrogens is 452 g/mol. The van der Waals surface area contributed by atoms with E-state index in [1.54, 1.807) is 36.4 Å². The van der Waals surface area contributed by atoms with Gasteiger partial charge in [-0.15, -0.1) is 0 Å². The number of nitrogens with two attached hydrogens (primary N) is 1. The summed E-state index contributed by atoms with van der Waals surface area (Å²) in [4.78, 5) is 51.3. The van der Waals surface area contributed by atoms with E-state index in [4.69, 9.17) is 19.9 Å². The van der Waals surface area contributed by atoms with Gasteiger partial charge in [0.05, 0.1) is 16.8 Å². The van der Waals surface area contributed by atoms with Crippen molar-refractivity contribution < 1.29 is 33.4 Å². The molecule has 1 aliphatic heterocycles. The minimum Gasteiger partial charge on any atom is -0.486 e. The van der Waals surface area contributed by atoms with E-state index in [0.717, 1.165) is 0 Å². The van der Waals surface area contributed by atoms with Crippen molar-refractivity contribution in [2.45, 2.75) is 13.0 Å². The zero-order chi connectivity index (χ0) is 24.7. The summed E-state index contributed by atoms with van der Waals surface area (Å²) in [5.74, 6) is -1.20. The monoisotopic (exact) mass is 472 g/mol. The minimum atomic E-state index is -1.18. The van der Waals surface area contributed by atoms with Crippen LogP contribution in [0, 0.1) is 0 Å². The second-order valence-corrected chi connectivity index (χ2v) is 8.05. The number of carbonyl (C=O) groups excluding carboxylic acids is 4. The number of amides is 1. The third-order valence-electron chi connectivity index (χ3n) is 5.82. The number of benzene rings is 3. The van der Waals surface area contributed by atoms with Gasteiger partial charge in [-0.05, 0) is 31.2 Å². The lowest BCUT2D eigenvalue weighted by atomic mass is 9.82. The van der Waals surface area contributed by atoms with Crippen molar-refractivity contribution >= 4 is 34.8 Å². The lowest BCUT2D eigenvalue weighted by Gasteiger charge is -2.21. The zero-order valence-electron chi connectivity index (χ0n) is 18.6. The molecule has 0 fully saturated rings. The largest absolute Gasteiger partial charge is 0.486 e. The summed E-state index contributed by atoms with van der Waals surface area (Å²) >= 11 is 0. The Bertz CT molecular complexity index is 1410. The number of fused-ring (bicyclic) bond motifs is 3. The standard InChI is InChI=1S/C26H20N2O7/c1-13(25(31)28-14-6-9-19-20(12-14)34-11-10-33-19)35-26(32)18-8-7-17-21(22(18)27)24(30)16-5-3-2-4-15(16)23(17)29/h2-9,12-13H,10-11,27H2,1H3,(H,28,31). The van der Waals surface area contributed by atoms with Gasteiger partial charge in [-0.3, -0.25) is 14.4 Å². The normalized spacial score (nSPS) is 14.4. The van der Waals surface area contributed by atoms with Crippen LogP contribution in [0.4, 0.5) is 11.4 Å². The molecule has 0 spiro atoms. The van der Waals surface area contributed by atoms with Crippen LogP contribution < -0.4 is 20.5 Å². The average molecular weight is 472 g/mol. The first-order chi connectivity index (χ1) is 16.8. The second-order valence-electron chi connectivity index (χ2n) is 8.05. The van der Waals surface area contributed by atoms with Gasteiger partial charge in [0.1, 0.15) is 13.2 Å². The molecule has 0 bridgehead atoms. The number of ether oxygens (including phenoxy) is 3. The van der Waals surface area contributed by atoms with Crippen LogP contribution in [0.3, 0.4) is 0 Å². The molecule has 35 heavy (non-hydrogen) atoms. The fourth-order valence-electron chi connectivity index (χ4n) is 4.03. The van der Waals surface area contributed by atoms with Crippen LogP contribution in [0.1, 0.15) is 49.1 Å². The molecule has 9 heteroatoms. The molecule has 1 aliphatic carbocycles. The maximum atomic E-state index is 13.0. The quantitative estimate of drug-likeness (QED) is 0.342. The topological polar surface area (TPSA) is 134 Å². The molecule has 3 N–H and O–H groups in total. The third-order valence-corrected chi connectivity index (χ3v) is 5.82. The summed E-state index contributed by atoms with van der Waals surface area (Å²) in [6.45, 7) is 2.26. The Morgan fingerprint density at radius 3 is 2.34 bits per heavy atom. The highest BCUT2D eigenvalue weighted by Crippen LogP contribution is 2.34. The number of hydrogen-bond acceptors (Lipinski definition) is 8. The van der Waals surface area contributed by atoms with E-state index >= 15 is 0 Å². The summed E-state index contributed by atoms with van der Waals surface area (Å²) in [6.07, 6.45) is -1.18. The van der Waals surface area contributed by atoms with E-state index in [-0.39, 0.29) is 39.3 Å². The number of ketones is 2. The number of nitrogens with one attached hydrogen (secondary N) is 1. The average Bonchev–Trinajstić information content (AvgIpc) is 2.87. The van der Waals surface area contributed by atoms with Crippen LogP contribution in [-0.4, -0.2) is 42.8 Å². The molecule has 1 amide bonds. The fraction of sp³-hybridized carbons (Fsp3) is 0.154. The predicted molar refractivity (Wildman–Crippen MR) is 125 cm³/mol. The summed E-state index contributed by atoms with van der Waals surface area (Å²) in [5, 5.41) is 2.66. The fourth-order valence-corrected chi connectivity index (χ4v) is 4.03. The first-order valence-corrected chi connectivity index (χ1v) is 10.9. The van der Waals surface area contributed by atoms with E-state index in [0.29, 0.717) is 30.4 Å². The van der Waals surface area contributed by atoms with Gasteiger partial charge < -0.3 is 25.3 Å². The Kier molecular flexibility index (Phi) is 5.44. The Hall–Kier alpha value is -4.66. The van der Waals surface area contributed by atoms with Gasteiger partial charge in [0.2, 0.25) is 0 Å². The molecule has 176 valence electrons. The highest BCUT2D eigenvalue weighted by molar-refractivity contribution is 6.30. The van der Waals surface area contributed by atoms with Crippen molar-refractivity contribution in [1.29, 1.82) is 0 Å². The molecule has 0 saturated carbocycles. The van der Waals surface area contributed by atoms with E-state index in [1.165, 1.54) is 25.1 Å². The maximum Gasteiger partial charge on any atom is 0.341 e. The maximum absolute atomic E-state index is 13.0. The highest BCUT2D eigenvalue weighted by Gasteiger charge is 2.33. The van der Waals surface area contributed by atoms with Gasteiger partial charge >= 0.3 is 5.97 Å². The summed E-state index contributed by atoms with van der Waals surface area (Å²) in [5.41, 5.74) is 6.89. The Labute approximate surface area is 199 Å². The van der Waals surface area contributed by atoms with Crippen molar-refractivity contribution in [1.82, 2.24) is 0 Å². The smallest absolute Gasteiger partial charge is 0.341 e. The molecule has 3 aromatic rings. The lowest BCUT2D eigenvalue weighted by Crippen LogP contribution is -2.31. The van der Waals surface area contributed by atoms with Crippen molar-refractivity contribution in [3.8, 4) is 11.5 Å². The Balaban J connectivity index is 1.33. The van der Waals surface area contributed by atoms with E-state index in [1.807, 2.05) is 0 Å². The molecule has 1 heterocycles. The van der Waals surface area contributed by atoms with Crippen molar-refractivity contribution in [3.63, 3.8) is 0 Å². The molecule has 1 atom stereocenters. The Morgan fingerprint density at radius 2 is 1.60 bits per heavy atom. The van der Waals surface area contributed by atoms with Gasteiger partial charge in [0.15, 0.2) is 29.2 Å². The summed E-state index contributed by atoms with van der Waals surface area (Å²) in [7, 11) is 0. The van der Waals surface area contributed by atoms with Crippen LogP contribution in [0.25, 0.3) is 0 Å². The molecule has 0 radical (unpaired) electrons. The van der Waals surface area contributed by atoms with Crippen molar-refractivity contribution in [3.05, 3.63) is 82.4 Å². The van der Waals surface area contributed by atoms with E-state index in [9.17, 15) is 19.2 Å².